The third-order valence-corrected chi connectivity index (χ3v) is 3.21. The van der Waals surface area contributed by atoms with E-state index in [0.717, 1.165) is 4.68 Å². The predicted octanol–water partition coefficient (Wildman–Crippen LogP) is 3.77. The Labute approximate surface area is 123 Å². The van der Waals surface area contributed by atoms with Gasteiger partial charge in [0.1, 0.15) is 17.3 Å². The minimum atomic E-state index is -0.724. The summed E-state index contributed by atoms with van der Waals surface area (Å²) in [6.45, 7) is 0. The number of aromatic nitrogens is 2. The van der Waals surface area contributed by atoms with Crippen LogP contribution in [0.4, 0.5) is 14.5 Å². The van der Waals surface area contributed by atoms with Crippen molar-refractivity contribution in [1.29, 1.82) is 5.53 Å². The third kappa shape index (κ3) is 2.12. The highest BCUT2D eigenvalue weighted by atomic mass is 19.1. The van der Waals surface area contributed by atoms with Gasteiger partial charge in [-0.1, -0.05) is 24.3 Å². The number of nitrogens with zero attached hydrogens (tertiary/aromatic N) is 2. The van der Waals surface area contributed by atoms with Crippen LogP contribution in [-0.2, 0) is 0 Å². The Morgan fingerprint density at radius 1 is 1.00 bits per heavy atom. The summed E-state index contributed by atoms with van der Waals surface area (Å²) < 4.78 is 28.7. The van der Waals surface area contributed by atoms with E-state index in [1.807, 2.05) is 0 Å². The summed E-state index contributed by atoms with van der Waals surface area (Å²) in [5.74, 6) is -1.20. The average Bonchev–Trinajstić information content (AvgIpc) is 2.85. The second-order valence-electron chi connectivity index (χ2n) is 4.52. The van der Waals surface area contributed by atoms with E-state index >= 15 is 0 Å². The van der Waals surface area contributed by atoms with Gasteiger partial charge in [-0.3, -0.25) is 9.89 Å². The molecule has 0 atom stereocenters. The number of hydrogen-bond donors (Lipinski definition) is 2. The number of H-pyrrole nitrogens is 1. The van der Waals surface area contributed by atoms with Gasteiger partial charge in [0, 0.05) is 5.56 Å². The molecule has 7 heteroatoms. The minimum Gasteiger partial charge on any atom is -0.288 e. The second-order valence-corrected chi connectivity index (χ2v) is 4.52. The van der Waals surface area contributed by atoms with Gasteiger partial charge in [-0.15, -0.1) is 0 Å². The van der Waals surface area contributed by atoms with Gasteiger partial charge in [-0.2, -0.15) is 5.11 Å². The number of para-hydroxylation sites is 1. The normalized spacial score (nSPS) is 10.6. The van der Waals surface area contributed by atoms with Crippen LogP contribution in [0.2, 0.25) is 0 Å². The monoisotopic (exact) mass is 300 g/mol. The number of hydrogen-bond acceptors (Lipinski definition) is 3. The average molecular weight is 300 g/mol. The third-order valence-electron chi connectivity index (χ3n) is 3.21. The zero-order valence-electron chi connectivity index (χ0n) is 11.2. The van der Waals surface area contributed by atoms with E-state index in [4.69, 9.17) is 5.53 Å². The van der Waals surface area contributed by atoms with Gasteiger partial charge in [0.25, 0.3) is 5.56 Å². The summed E-state index contributed by atoms with van der Waals surface area (Å²) in [7, 11) is 0. The molecular weight excluding hydrogens is 290 g/mol. The first kappa shape index (κ1) is 13.9. The van der Waals surface area contributed by atoms with E-state index in [9.17, 15) is 13.6 Å². The first-order valence-corrected chi connectivity index (χ1v) is 6.35. The van der Waals surface area contributed by atoms with E-state index < -0.39 is 17.2 Å². The summed E-state index contributed by atoms with van der Waals surface area (Å²) in [6.07, 6.45) is 0. The summed E-state index contributed by atoms with van der Waals surface area (Å²) >= 11 is 0. The summed E-state index contributed by atoms with van der Waals surface area (Å²) in [4.78, 5) is 12.3. The molecule has 0 saturated carbocycles. The van der Waals surface area contributed by atoms with E-state index in [-0.39, 0.29) is 22.6 Å². The highest BCUT2D eigenvalue weighted by Gasteiger charge is 2.20. The number of halogens is 2. The van der Waals surface area contributed by atoms with Gasteiger partial charge in [-0.05, 0) is 24.3 Å². The molecule has 110 valence electrons. The van der Waals surface area contributed by atoms with Crippen LogP contribution in [0.15, 0.2) is 58.4 Å². The molecule has 2 N–H and O–H groups in total. The highest BCUT2D eigenvalue weighted by Crippen LogP contribution is 2.28. The van der Waals surface area contributed by atoms with Gasteiger partial charge in [0.2, 0.25) is 0 Å². The molecule has 0 aliphatic heterocycles. The molecule has 3 aromatic rings. The van der Waals surface area contributed by atoms with Gasteiger partial charge in [0.15, 0.2) is 5.69 Å². The van der Waals surface area contributed by atoms with E-state index in [1.54, 1.807) is 12.1 Å². The number of benzene rings is 2. The second kappa shape index (κ2) is 5.36. The van der Waals surface area contributed by atoms with E-state index in [2.05, 4.69) is 10.2 Å². The number of aromatic amines is 1. The quantitative estimate of drug-likeness (QED) is 0.710. The zero-order valence-corrected chi connectivity index (χ0v) is 11.2. The predicted molar refractivity (Wildman–Crippen MR) is 76.5 cm³/mol. The van der Waals surface area contributed by atoms with Crippen LogP contribution in [0.1, 0.15) is 0 Å². The molecule has 0 radical (unpaired) electrons. The SMILES string of the molecule is N=Nc1c(-c2ccccc2F)[nH]n(-c2ccccc2F)c1=O. The van der Waals surface area contributed by atoms with Gasteiger partial charge in [0.05, 0.1) is 5.69 Å². The van der Waals surface area contributed by atoms with E-state index in [1.165, 1.54) is 36.4 Å². The Balaban J connectivity index is 2.29. The Kier molecular flexibility index (Phi) is 3.38. The van der Waals surface area contributed by atoms with Gasteiger partial charge < -0.3 is 0 Å². The zero-order chi connectivity index (χ0) is 15.7. The maximum Gasteiger partial charge on any atom is 0.299 e. The molecule has 1 aromatic heterocycles. The smallest absolute Gasteiger partial charge is 0.288 e. The van der Waals surface area contributed by atoms with E-state index in [0.29, 0.717) is 0 Å². The van der Waals surface area contributed by atoms with Crippen LogP contribution in [0.5, 0.6) is 0 Å². The van der Waals surface area contributed by atoms with Crippen molar-refractivity contribution in [1.82, 2.24) is 9.78 Å². The number of rotatable bonds is 3. The van der Waals surface area contributed by atoms with Crippen molar-refractivity contribution < 1.29 is 8.78 Å². The van der Waals surface area contributed by atoms with Gasteiger partial charge >= 0.3 is 0 Å². The largest absolute Gasteiger partial charge is 0.299 e. The fourth-order valence-corrected chi connectivity index (χ4v) is 2.19. The maximum absolute atomic E-state index is 13.9. The fourth-order valence-electron chi connectivity index (χ4n) is 2.19. The molecule has 0 aliphatic rings. The van der Waals surface area contributed by atoms with Crippen molar-refractivity contribution in [3.63, 3.8) is 0 Å². The van der Waals surface area contributed by atoms with Crippen LogP contribution >= 0.6 is 0 Å². The molecule has 0 saturated heterocycles. The Morgan fingerprint density at radius 3 is 2.27 bits per heavy atom. The minimum absolute atomic E-state index is 0.0278. The van der Waals surface area contributed by atoms with Crippen LogP contribution in [-0.4, -0.2) is 9.78 Å². The van der Waals surface area contributed by atoms with Crippen molar-refractivity contribution in [3.05, 3.63) is 70.5 Å². The molecule has 1 heterocycles. The fraction of sp³-hybridized carbons (Fsp3) is 0. The molecule has 0 bridgehead atoms. The van der Waals surface area contributed by atoms with Crippen LogP contribution in [0.25, 0.3) is 16.9 Å². The Bertz CT molecular complexity index is 914. The molecule has 3 rings (SSSR count). The Hall–Kier alpha value is -3.09. The number of nitrogens with one attached hydrogen (secondary N) is 2. The molecule has 2 aromatic carbocycles. The summed E-state index contributed by atoms with van der Waals surface area (Å²) in [5, 5.41) is 5.79. The first-order valence-electron chi connectivity index (χ1n) is 6.35. The molecule has 0 unspecified atom stereocenters. The van der Waals surface area contributed by atoms with Crippen molar-refractivity contribution >= 4 is 5.69 Å². The lowest BCUT2D eigenvalue weighted by Gasteiger charge is -2.03. The molecule has 22 heavy (non-hydrogen) atoms. The van der Waals surface area contributed by atoms with Crippen LogP contribution in [0, 0.1) is 17.2 Å². The van der Waals surface area contributed by atoms with Crippen molar-refractivity contribution in [2.45, 2.75) is 0 Å². The standard InChI is InChI=1S/C15H10F2N4O/c16-10-6-2-1-5-9(10)13-14(19-18)15(22)21(20-13)12-8-4-3-7-11(12)17/h1-8,18,20H. The molecule has 0 amide bonds. The first-order chi connectivity index (χ1) is 10.6. The van der Waals surface area contributed by atoms with Crippen molar-refractivity contribution in [2.24, 2.45) is 5.11 Å². The molecule has 0 spiro atoms. The highest BCUT2D eigenvalue weighted by molar-refractivity contribution is 5.72. The van der Waals surface area contributed by atoms with Crippen LogP contribution < -0.4 is 5.56 Å². The lowest BCUT2D eigenvalue weighted by atomic mass is 10.1. The Morgan fingerprint density at radius 2 is 1.64 bits per heavy atom. The lowest BCUT2D eigenvalue weighted by molar-refractivity contribution is 0.608. The summed E-state index contributed by atoms with van der Waals surface area (Å²) in [5.41, 5.74) is 6.23. The van der Waals surface area contributed by atoms with Crippen LogP contribution in [0.3, 0.4) is 0 Å². The van der Waals surface area contributed by atoms with Gasteiger partial charge in [-0.25, -0.2) is 19.0 Å². The molecule has 5 nitrogen and oxygen atoms in total. The lowest BCUT2D eigenvalue weighted by Crippen LogP contribution is -2.15. The molecule has 0 aliphatic carbocycles. The molecular formula is C15H10F2N4O. The topological polar surface area (TPSA) is 74.0 Å². The van der Waals surface area contributed by atoms with Crippen molar-refractivity contribution in [2.75, 3.05) is 0 Å². The molecule has 0 fully saturated rings. The summed E-state index contributed by atoms with van der Waals surface area (Å²) in [6, 6.07) is 11.4. The maximum atomic E-state index is 13.9. The van der Waals surface area contributed by atoms with Crippen molar-refractivity contribution in [3.8, 4) is 16.9 Å².